The highest BCUT2D eigenvalue weighted by molar-refractivity contribution is 5.98. The summed E-state index contributed by atoms with van der Waals surface area (Å²) in [5, 5.41) is 0. The average Bonchev–Trinajstić information content (AvgIpc) is 2.60. The van der Waals surface area contributed by atoms with E-state index in [2.05, 4.69) is 6.58 Å². The van der Waals surface area contributed by atoms with Crippen molar-refractivity contribution in [3.8, 4) is 0 Å². The molecule has 0 saturated carbocycles. The lowest BCUT2D eigenvalue weighted by Gasteiger charge is -2.34. The summed E-state index contributed by atoms with van der Waals surface area (Å²) in [7, 11) is 0.616. The smallest absolute Gasteiger partial charge is 0.330 e. The van der Waals surface area contributed by atoms with Crippen molar-refractivity contribution in [1.82, 2.24) is 0 Å². The van der Waals surface area contributed by atoms with Gasteiger partial charge in [-0.15, -0.1) is 0 Å². The molecule has 2 aromatic rings. The van der Waals surface area contributed by atoms with Crippen molar-refractivity contribution in [3.63, 3.8) is 0 Å². The van der Waals surface area contributed by atoms with Crippen LogP contribution < -0.4 is 0 Å². The molecule has 0 aliphatic rings. The van der Waals surface area contributed by atoms with Crippen LogP contribution in [0.4, 0.5) is 0 Å². The van der Waals surface area contributed by atoms with E-state index < -0.39 is 11.4 Å². The Labute approximate surface area is 134 Å². The number of hydrogen-bond acceptors (Lipinski definition) is 3. The normalized spacial score (nSPS) is 11.1. The zero-order valence-electron chi connectivity index (χ0n) is 12.7. The minimum absolute atomic E-state index is 0.216. The summed E-state index contributed by atoms with van der Waals surface area (Å²) in [6.07, 6.45) is 1.18. The first-order valence-electron chi connectivity index (χ1n) is 7.12. The van der Waals surface area contributed by atoms with E-state index in [4.69, 9.17) is 9.16 Å². The van der Waals surface area contributed by atoms with Crippen LogP contribution in [0.15, 0.2) is 73.3 Å². The maximum absolute atomic E-state index is 11.6. The third kappa shape index (κ3) is 3.53. The third-order valence-electron chi connectivity index (χ3n) is 3.67. The highest BCUT2D eigenvalue weighted by atomic mass is 28.2. The van der Waals surface area contributed by atoms with Crippen LogP contribution >= 0.6 is 0 Å². The summed E-state index contributed by atoms with van der Waals surface area (Å²) in [5.74, 6) is -0.426. The highest BCUT2D eigenvalue weighted by Crippen LogP contribution is 2.33. The van der Waals surface area contributed by atoms with Gasteiger partial charge in [-0.1, -0.05) is 67.2 Å². The van der Waals surface area contributed by atoms with Gasteiger partial charge in [0.1, 0.15) is 17.1 Å². The summed E-state index contributed by atoms with van der Waals surface area (Å²) in [5.41, 5.74) is 1.62. The van der Waals surface area contributed by atoms with E-state index in [1.165, 1.54) is 6.08 Å². The molecule has 2 aromatic carbocycles. The first-order valence-corrected chi connectivity index (χ1v) is 7.94. The molecule has 0 aromatic heterocycles. The lowest BCUT2D eigenvalue weighted by Crippen LogP contribution is -2.39. The average molecular weight is 312 g/mol. The van der Waals surface area contributed by atoms with Gasteiger partial charge in [0.05, 0.1) is 5.41 Å². The van der Waals surface area contributed by atoms with Crippen molar-refractivity contribution in [1.29, 1.82) is 0 Å². The first-order chi connectivity index (χ1) is 10.7. The zero-order chi connectivity index (χ0) is 15.8. The van der Waals surface area contributed by atoms with Crippen LogP contribution in [0.2, 0.25) is 0 Å². The number of hydrogen-bond donors (Lipinski definition) is 0. The molecule has 0 fully saturated rings. The molecule has 0 aliphatic carbocycles. The second-order valence-corrected chi connectivity index (χ2v) is 5.64. The van der Waals surface area contributed by atoms with Gasteiger partial charge in [-0.2, -0.15) is 0 Å². The van der Waals surface area contributed by atoms with Crippen molar-refractivity contribution >= 4 is 16.5 Å². The second-order valence-electron chi connectivity index (χ2n) is 5.06. The first kappa shape index (κ1) is 16.2. The van der Waals surface area contributed by atoms with E-state index in [0.717, 1.165) is 11.1 Å². The van der Waals surface area contributed by atoms with Gasteiger partial charge in [0.25, 0.3) is 0 Å². The molecular weight excluding hydrogens is 292 g/mol. The number of rotatable bonds is 7. The van der Waals surface area contributed by atoms with E-state index in [0.29, 0.717) is 17.1 Å². The Morgan fingerprint density at radius 1 is 1.00 bits per heavy atom. The minimum Gasteiger partial charge on any atom is -0.461 e. The van der Waals surface area contributed by atoms with E-state index in [-0.39, 0.29) is 6.61 Å². The van der Waals surface area contributed by atoms with Crippen LogP contribution in [0.3, 0.4) is 0 Å². The molecule has 0 bridgehead atoms. The van der Waals surface area contributed by atoms with Gasteiger partial charge in [0, 0.05) is 12.7 Å². The molecule has 0 spiro atoms. The van der Waals surface area contributed by atoms with E-state index >= 15 is 0 Å². The molecular formula is C18H20O3Si. The molecule has 4 heteroatoms. The predicted molar refractivity (Wildman–Crippen MR) is 90.7 cm³/mol. The fourth-order valence-corrected chi connectivity index (χ4v) is 3.05. The molecule has 0 N–H and O–H groups in total. The van der Waals surface area contributed by atoms with Crippen molar-refractivity contribution in [2.24, 2.45) is 0 Å². The summed E-state index contributed by atoms with van der Waals surface area (Å²) in [4.78, 5) is 11.6. The van der Waals surface area contributed by atoms with Gasteiger partial charge in [0.2, 0.25) is 0 Å². The van der Waals surface area contributed by atoms with Gasteiger partial charge in [0.15, 0.2) is 0 Å². The fourth-order valence-electron chi connectivity index (χ4n) is 2.56. The van der Waals surface area contributed by atoms with E-state index in [1.807, 2.05) is 60.7 Å². The Kier molecular flexibility index (Phi) is 5.69. The van der Waals surface area contributed by atoms with E-state index in [1.54, 1.807) is 0 Å². The van der Waals surface area contributed by atoms with Crippen LogP contribution in [-0.4, -0.2) is 29.7 Å². The van der Waals surface area contributed by atoms with E-state index in [9.17, 15) is 4.79 Å². The number of benzene rings is 2. The number of carbonyl (C=O) groups excluding carboxylic acids is 1. The molecule has 0 unspecified atom stereocenters. The Balaban J connectivity index is 2.49. The Morgan fingerprint density at radius 2 is 1.50 bits per heavy atom. The maximum Gasteiger partial charge on any atom is 0.330 e. The number of carbonyl (C=O) groups is 1. The van der Waals surface area contributed by atoms with Crippen molar-refractivity contribution in [2.45, 2.75) is 5.41 Å². The standard InChI is InChI=1S/C18H20O3Si/c1-2-17(19)20-13-18(14-21-22,15-9-5-3-6-10-15)16-11-7-4-8-12-16/h2-12H,1,13-14H2,22H3. The molecule has 0 amide bonds. The molecule has 0 saturated heterocycles. The SMILES string of the molecule is C=CC(=O)OCC(CO[SiH3])(c1ccccc1)c1ccccc1. The van der Waals surface area contributed by atoms with Gasteiger partial charge < -0.3 is 9.16 Å². The largest absolute Gasteiger partial charge is 0.461 e. The molecule has 0 aliphatic heterocycles. The maximum atomic E-state index is 11.6. The molecule has 22 heavy (non-hydrogen) atoms. The molecule has 114 valence electrons. The topological polar surface area (TPSA) is 35.5 Å². The highest BCUT2D eigenvalue weighted by Gasteiger charge is 2.35. The number of esters is 1. The quantitative estimate of drug-likeness (QED) is 0.446. The van der Waals surface area contributed by atoms with Gasteiger partial charge in [-0.05, 0) is 11.1 Å². The Morgan fingerprint density at radius 3 is 1.91 bits per heavy atom. The fraction of sp³-hybridized carbons (Fsp3) is 0.167. The predicted octanol–water partition coefficient (Wildman–Crippen LogP) is 2.00. The lowest BCUT2D eigenvalue weighted by atomic mass is 9.76. The van der Waals surface area contributed by atoms with Crippen LogP contribution in [0.5, 0.6) is 0 Å². The molecule has 0 atom stereocenters. The summed E-state index contributed by atoms with van der Waals surface area (Å²) >= 11 is 0. The molecule has 0 heterocycles. The van der Waals surface area contributed by atoms with Crippen molar-refractivity contribution < 1.29 is 14.0 Å². The summed E-state index contributed by atoms with van der Waals surface area (Å²) in [6, 6.07) is 20.0. The van der Waals surface area contributed by atoms with Gasteiger partial charge in [-0.3, -0.25) is 0 Å². The lowest BCUT2D eigenvalue weighted by molar-refractivity contribution is -0.139. The van der Waals surface area contributed by atoms with Crippen LogP contribution in [0.1, 0.15) is 11.1 Å². The third-order valence-corrected chi connectivity index (χ3v) is 3.96. The van der Waals surface area contributed by atoms with Gasteiger partial charge >= 0.3 is 5.97 Å². The zero-order valence-corrected chi connectivity index (χ0v) is 14.7. The van der Waals surface area contributed by atoms with Crippen LogP contribution in [-0.2, 0) is 19.4 Å². The monoisotopic (exact) mass is 312 g/mol. The number of ether oxygens (including phenoxy) is 1. The Bertz CT molecular complexity index is 571. The van der Waals surface area contributed by atoms with Crippen molar-refractivity contribution in [2.75, 3.05) is 13.2 Å². The van der Waals surface area contributed by atoms with Crippen LogP contribution in [0.25, 0.3) is 0 Å². The molecule has 0 radical (unpaired) electrons. The minimum atomic E-state index is -0.511. The second kappa shape index (κ2) is 7.73. The molecule has 2 rings (SSSR count). The summed E-state index contributed by atoms with van der Waals surface area (Å²) < 4.78 is 11.0. The molecule has 3 nitrogen and oxygen atoms in total. The van der Waals surface area contributed by atoms with Gasteiger partial charge in [-0.25, -0.2) is 4.79 Å². The van der Waals surface area contributed by atoms with Crippen LogP contribution in [0, 0.1) is 0 Å². The summed E-state index contributed by atoms with van der Waals surface area (Å²) in [6.45, 7) is 4.14. The van der Waals surface area contributed by atoms with Crippen molar-refractivity contribution in [3.05, 3.63) is 84.4 Å². The Hall–Kier alpha value is -2.17.